The van der Waals surface area contributed by atoms with E-state index in [-0.39, 0.29) is 0 Å². The predicted octanol–water partition coefficient (Wildman–Crippen LogP) is 3.96. The van der Waals surface area contributed by atoms with Crippen LogP contribution < -0.4 is 10.1 Å². The number of methoxy groups -OCH3 is 1. The molecule has 0 saturated heterocycles. The van der Waals surface area contributed by atoms with Crippen LogP contribution in [0.3, 0.4) is 0 Å². The number of halogens is 1. The van der Waals surface area contributed by atoms with Gasteiger partial charge in [-0.05, 0) is 24.3 Å². The predicted molar refractivity (Wildman–Crippen MR) is 71.8 cm³/mol. The number of benzene rings is 2. The van der Waals surface area contributed by atoms with Crippen LogP contribution in [-0.2, 0) is 6.54 Å². The molecule has 0 spiro atoms. The molecule has 3 heteroatoms. The fourth-order valence-electron chi connectivity index (χ4n) is 1.65. The van der Waals surface area contributed by atoms with E-state index >= 15 is 0 Å². The van der Waals surface area contributed by atoms with Gasteiger partial charge in [-0.3, -0.25) is 0 Å². The van der Waals surface area contributed by atoms with Gasteiger partial charge in [-0.15, -0.1) is 0 Å². The van der Waals surface area contributed by atoms with Crippen molar-refractivity contribution in [1.82, 2.24) is 0 Å². The Labute approximate surface area is 106 Å². The molecule has 2 aromatic carbocycles. The highest BCUT2D eigenvalue weighted by Gasteiger charge is 2.06. The van der Waals surface area contributed by atoms with Crippen LogP contribution in [0.25, 0.3) is 0 Å². The summed E-state index contributed by atoms with van der Waals surface area (Å²) in [4.78, 5) is 0. The molecule has 2 aromatic rings. The van der Waals surface area contributed by atoms with Crippen LogP contribution in [0.15, 0.2) is 48.5 Å². The van der Waals surface area contributed by atoms with E-state index in [0.29, 0.717) is 11.6 Å². The lowest BCUT2D eigenvalue weighted by molar-refractivity contribution is 0.410. The van der Waals surface area contributed by atoms with Crippen LogP contribution in [0.2, 0.25) is 5.02 Å². The normalized spacial score (nSPS) is 10.0. The fraction of sp³-hybridized carbons (Fsp3) is 0.143. The molecule has 0 aliphatic carbocycles. The van der Waals surface area contributed by atoms with E-state index in [4.69, 9.17) is 16.3 Å². The quantitative estimate of drug-likeness (QED) is 0.883. The first kappa shape index (κ1) is 11.8. The van der Waals surface area contributed by atoms with Crippen LogP contribution in [0.4, 0.5) is 5.69 Å². The molecule has 0 aliphatic heterocycles. The fourth-order valence-corrected chi connectivity index (χ4v) is 1.88. The molecule has 2 nitrogen and oxygen atoms in total. The second-order valence-electron chi connectivity index (χ2n) is 3.64. The molecule has 2 rings (SSSR count). The molecule has 88 valence electrons. The Hall–Kier alpha value is -1.67. The lowest BCUT2D eigenvalue weighted by atomic mass is 10.2. The van der Waals surface area contributed by atoms with Gasteiger partial charge in [0.25, 0.3) is 0 Å². The Morgan fingerprint density at radius 3 is 2.53 bits per heavy atom. The number of hydrogen-bond acceptors (Lipinski definition) is 2. The Balaban J connectivity index is 2.14. The molecule has 17 heavy (non-hydrogen) atoms. The summed E-state index contributed by atoms with van der Waals surface area (Å²) in [5.41, 5.74) is 2.04. The van der Waals surface area contributed by atoms with Crippen LogP contribution in [0.1, 0.15) is 5.56 Å². The molecule has 0 aromatic heterocycles. The minimum Gasteiger partial charge on any atom is -0.496 e. The molecule has 0 saturated carbocycles. The van der Waals surface area contributed by atoms with E-state index in [1.807, 2.05) is 48.5 Å². The first-order valence-electron chi connectivity index (χ1n) is 5.41. The Bertz CT molecular complexity index is 485. The highest BCUT2D eigenvalue weighted by molar-refractivity contribution is 6.31. The minimum atomic E-state index is 0.646. The van der Waals surface area contributed by atoms with Gasteiger partial charge >= 0.3 is 0 Å². The van der Waals surface area contributed by atoms with Crippen LogP contribution >= 0.6 is 11.6 Å². The highest BCUT2D eigenvalue weighted by Crippen LogP contribution is 2.26. The molecule has 0 bridgehead atoms. The average molecular weight is 248 g/mol. The van der Waals surface area contributed by atoms with Crippen molar-refractivity contribution in [3.63, 3.8) is 0 Å². The largest absolute Gasteiger partial charge is 0.496 e. The lowest BCUT2D eigenvalue weighted by Gasteiger charge is -2.12. The zero-order chi connectivity index (χ0) is 12.1. The third-order valence-corrected chi connectivity index (χ3v) is 2.89. The maximum atomic E-state index is 6.15. The van der Waals surface area contributed by atoms with Crippen molar-refractivity contribution >= 4 is 17.3 Å². The third kappa shape index (κ3) is 2.92. The summed E-state index contributed by atoms with van der Waals surface area (Å²) < 4.78 is 5.29. The van der Waals surface area contributed by atoms with Crippen molar-refractivity contribution in [1.29, 1.82) is 0 Å². The summed E-state index contributed by atoms with van der Waals surface area (Å²) in [6.07, 6.45) is 0. The molecule has 0 fully saturated rings. The average Bonchev–Trinajstić information content (AvgIpc) is 2.38. The smallest absolute Gasteiger partial charge is 0.125 e. The Morgan fingerprint density at radius 1 is 1.06 bits per heavy atom. The molecule has 0 atom stereocenters. The first-order chi connectivity index (χ1) is 8.31. The molecule has 0 heterocycles. The topological polar surface area (TPSA) is 21.3 Å². The van der Waals surface area contributed by atoms with E-state index < -0.39 is 0 Å². The highest BCUT2D eigenvalue weighted by atomic mass is 35.5. The summed E-state index contributed by atoms with van der Waals surface area (Å²) in [6, 6.07) is 15.7. The summed E-state index contributed by atoms with van der Waals surface area (Å²) >= 11 is 6.15. The summed E-state index contributed by atoms with van der Waals surface area (Å²) in [5, 5.41) is 4.03. The van der Waals surface area contributed by atoms with Gasteiger partial charge in [0, 0.05) is 22.8 Å². The van der Waals surface area contributed by atoms with Gasteiger partial charge in [0.1, 0.15) is 5.75 Å². The zero-order valence-corrected chi connectivity index (χ0v) is 10.4. The van der Waals surface area contributed by atoms with Crippen LogP contribution in [0, 0.1) is 0 Å². The van der Waals surface area contributed by atoms with Crippen molar-refractivity contribution in [3.05, 3.63) is 59.1 Å². The van der Waals surface area contributed by atoms with Crippen LogP contribution in [-0.4, -0.2) is 7.11 Å². The van der Waals surface area contributed by atoms with Gasteiger partial charge in [-0.1, -0.05) is 35.9 Å². The van der Waals surface area contributed by atoms with E-state index in [0.717, 1.165) is 17.0 Å². The van der Waals surface area contributed by atoms with E-state index in [2.05, 4.69) is 5.32 Å². The summed E-state index contributed by atoms with van der Waals surface area (Å²) in [5.74, 6) is 0.806. The molecular formula is C14H14ClNO. The molecule has 0 unspecified atom stereocenters. The molecule has 0 amide bonds. The number of ether oxygens (including phenoxy) is 1. The van der Waals surface area contributed by atoms with Gasteiger partial charge in [0.05, 0.1) is 7.11 Å². The number of para-hydroxylation sites is 1. The van der Waals surface area contributed by atoms with E-state index in [1.165, 1.54) is 0 Å². The Morgan fingerprint density at radius 2 is 1.82 bits per heavy atom. The van der Waals surface area contributed by atoms with Crippen molar-refractivity contribution in [2.45, 2.75) is 6.54 Å². The SMILES string of the molecule is COc1cccc(Cl)c1CNc1ccccc1. The van der Waals surface area contributed by atoms with Gasteiger partial charge < -0.3 is 10.1 Å². The lowest BCUT2D eigenvalue weighted by Crippen LogP contribution is -2.02. The standard InChI is InChI=1S/C14H14ClNO/c1-17-14-9-5-8-13(15)12(14)10-16-11-6-3-2-4-7-11/h2-9,16H,10H2,1H3. The van der Waals surface area contributed by atoms with Crippen molar-refractivity contribution in [2.75, 3.05) is 12.4 Å². The minimum absolute atomic E-state index is 0.646. The number of hydrogen-bond donors (Lipinski definition) is 1. The molecule has 0 radical (unpaired) electrons. The summed E-state index contributed by atoms with van der Waals surface area (Å²) in [7, 11) is 1.65. The second-order valence-corrected chi connectivity index (χ2v) is 4.05. The van der Waals surface area contributed by atoms with Gasteiger partial charge in [-0.25, -0.2) is 0 Å². The molecular weight excluding hydrogens is 234 g/mol. The number of anilines is 1. The zero-order valence-electron chi connectivity index (χ0n) is 9.61. The van der Waals surface area contributed by atoms with Crippen molar-refractivity contribution in [2.24, 2.45) is 0 Å². The summed E-state index contributed by atoms with van der Waals surface area (Å²) in [6.45, 7) is 0.646. The maximum absolute atomic E-state index is 6.15. The van der Waals surface area contributed by atoms with E-state index in [9.17, 15) is 0 Å². The monoisotopic (exact) mass is 247 g/mol. The van der Waals surface area contributed by atoms with Crippen molar-refractivity contribution < 1.29 is 4.74 Å². The van der Waals surface area contributed by atoms with Crippen molar-refractivity contribution in [3.8, 4) is 5.75 Å². The van der Waals surface area contributed by atoms with Gasteiger partial charge in [0.15, 0.2) is 0 Å². The van der Waals surface area contributed by atoms with Crippen LogP contribution in [0.5, 0.6) is 5.75 Å². The van der Waals surface area contributed by atoms with E-state index in [1.54, 1.807) is 7.11 Å². The molecule has 0 aliphatic rings. The Kier molecular flexibility index (Phi) is 3.89. The molecule has 1 N–H and O–H groups in total. The first-order valence-corrected chi connectivity index (χ1v) is 5.79. The van der Waals surface area contributed by atoms with Gasteiger partial charge in [0.2, 0.25) is 0 Å². The number of nitrogens with one attached hydrogen (secondary N) is 1. The van der Waals surface area contributed by atoms with Gasteiger partial charge in [-0.2, -0.15) is 0 Å². The number of rotatable bonds is 4. The third-order valence-electron chi connectivity index (χ3n) is 2.54. The maximum Gasteiger partial charge on any atom is 0.125 e. The second kappa shape index (κ2) is 5.60.